The van der Waals surface area contributed by atoms with Gasteiger partial charge in [0.05, 0.1) is 18.7 Å². The summed E-state index contributed by atoms with van der Waals surface area (Å²) in [5.74, 6) is -0.411. The van der Waals surface area contributed by atoms with E-state index in [1.165, 1.54) is 0 Å². The van der Waals surface area contributed by atoms with Crippen LogP contribution >= 0.6 is 0 Å². The third-order valence-electron chi connectivity index (χ3n) is 3.25. The zero-order valence-corrected chi connectivity index (χ0v) is 12.7. The minimum absolute atomic E-state index is 0.0416. The summed E-state index contributed by atoms with van der Waals surface area (Å²) < 4.78 is 39.1. The highest BCUT2D eigenvalue weighted by molar-refractivity contribution is 5.96. The highest BCUT2D eigenvalue weighted by atomic mass is 19.4. The summed E-state index contributed by atoms with van der Waals surface area (Å²) >= 11 is 0. The predicted molar refractivity (Wildman–Crippen MR) is 78.8 cm³/mol. The van der Waals surface area contributed by atoms with E-state index in [0.29, 0.717) is 5.82 Å². The molecular weight excluding hydrogens is 325 g/mol. The Morgan fingerprint density at radius 2 is 1.83 bits per heavy atom. The lowest BCUT2D eigenvalue weighted by molar-refractivity contribution is -0.137. The smallest absolute Gasteiger partial charge is 0.347 e. The molecule has 0 saturated heterocycles. The number of imidazole rings is 1. The molecule has 2 rings (SSSR count). The molecule has 2 N–H and O–H groups in total. The lowest BCUT2D eigenvalue weighted by atomic mass is 10.1. The first-order valence-corrected chi connectivity index (χ1v) is 6.95. The molecule has 128 valence electrons. The third kappa shape index (κ3) is 4.58. The summed E-state index contributed by atoms with van der Waals surface area (Å²) in [6, 6.07) is 3.75. The molecule has 0 aliphatic carbocycles. The van der Waals surface area contributed by atoms with Gasteiger partial charge in [-0.25, -0.2) is 4.98 Å². The van der Waals surface area contributed by atoms with Crippen LogP contribution in [0.4, 0.5) is 13.2 Å². The van der Waals surface area contributed by atoms with Crippen molar-refractivity contribution in [1.29, 1.82) is 0 Å². The largest absolute Gasteiger partial charge is 0.416 e. The summed E-state index contributed by atoms with van der Waals surface area (Å²) in [6.07, 6.45) is -1.14. The molecule has 0 saturated carbocycles. The predicted octanol–water partition coefficient (Wildman–Crippen LogP) is 1.49. The molecule has 0 radical (unpaired) electrons. The zero-order chi connectivity index (χ0) is 17.7. The zero-order valence-electron chi connectivity index (χ0n) is 12.7. The molecule has 0 fully saturated rings. The van der Waals surface area contributed by atoms with Crippen molar-refractivity contribution in [1.82, 2.24) is 20.2 Å². The standard InChI is InChI=1S/C15H15F3N4O2/c1-22-7-6-19-12(22)8-20-13(23)9-21-14(24)10-2-4-11(5-3-10)15(16,17)18/h2-7H,8-9H2,1H3,(H,20,23)(H,21,24). The number of aryl methyl sites for hydroxylation is 1. The second kappa shape index (κ2) is 7.16. The fourth-order valence-corrected chi connectivity index (χ4v) is 1.88. The van der Waals surface area contributed by atoms with Gasteiger partial charge in [-0.1, -0.05) is 0 Å². The van der Waals surface area contributed by atoms with E-state index in [9.17, 15) is 22.8 Å². The van der Waals surface area contributed by atoms with Crippen LogP contribution in [0.2, 0.25) is 0 Å². The van der Waals surface area contributed by atoms with Crippen LogP contribution in [0.5, 0.6) is 0 Å². The van der Waals surface area contributed by atoms with Gasteiger partial charge in [0, 0.05) is 25.0 Å². The summed E-state index contributed by atoms with van der Waals surface area (Å²) in [5.41, 5.74) is -0.799. The van der Waals surface area contributed by atoms with Crippen molar-refractivity contribution in [3.63, 3.8) is 0 Å². The first-order chi connectivity index (χ1) is 11.3. The van der Waals surface area contributed by atoms with Crippen LogP contribution in [0.1, 0.15) is 21.7 Å². The van der Waals surface area contributed by atoms with Crippen LogP contribution in [-0.4, -0.2) is 27.9 Å². The number of amides is 2. The van der Waals surface area contributed by atoms with E-state index in [0.717, 1.165) is 24.3 Å². The number of carbonyl (C=O) groups is 2. The van der Waals surface area contributed by atoms with Gasteiger partial charge in [-0.2, -0.15) is 13.2 Å². The summed E-state index contributed by atoms with van der Waals surface area (Å²) in [7, 11) is 1.78. The Bertz CT molecular complexity index is 723. The van der Waals surface area contributed by atoms with Gasteiger partial charge in [0.1, 0.15) is 5.82 Å². The van der Waals surface area contributed by atoms with Crippen molar-refractivity contribution in [2.24, 2.45) is 7.05 Å². The van der Waals surface area contributed by atoms with Crippen LogP contribution < -0.4 is 10.6 Å². The second-order valence-electron chi connectivity index (χ2n) is 4.99. The molecule has 24 heavy (non-hydrogen) atoms. The average molecular weight is 340 g/mol. The maximum atomic E-state index is 12.4. The monoisotopic (exact) mass is 340 g/mol. The first-order valence-electron chi connectivity index (χ1n) is 6.95. The Kier molecular flexibility index (Phi) is 5.22. The minimum Gasteiger partial charge on any atom is -0.347 e. The third-order valence-corrected chi connectivity index (χ3v) is 3.25. The molecule has 0 aliphatic heterocycles. The molecule has 0 spiro atoms. The maximum absolute atomic E-state index is 12.4. The molecule has 1 aromatic heterocycles. The number of carbonyl (C=O) groups excluding carboxylic acids is 2. The van der Waals surface area contributed by atoms with Gasteiger partial charge < -0.3 is 15.2 Å². The van der Waals surface area contributed by atoms with Gasteiger partial charge >= 0.3 is 6.18 Å². The molecule has 1 aromatic carbocycles. The van der Waals surface area contributed by atoms with Crippen molar-refractivity contribution in [2.45, 2.75) is 12.7 Å². The molecule has 0 bridgehead atoms. The summed E-state index contributed by atoms with van der Waals surface area (Å²) in [4.78, 5) is 27.5. The van der Waals surface area contributed by atoms with Crippen LogP contribution in [0, 0.1) is 0 Å². The number of rotatable bonds is 5. The molecule has 9 heteroatoms. The molecule has 1 heterocycles. The number of nitrogens with one attached hydrogen (secondary N) is 2. The number of hydrogen-bond donors (Lipinski definition) is 2. The number of hydrogen-bond acceptors (Lipinski definition) is 3. The van der Waals surface area contributed by atoms with E-state index in [-0.39, 0.29) is 18.7 Å². The van der Waals surface area contributed by atoms with Crippen molar-refractivity contribution >= 4 is 11.8 Å². The topological polar surface area (TPSA) is 76.0 Å². The van der Waals surface area contributed by atoms with Gasteiger partial charge in [0.15, 0.2) is 0 Å². The minimum atomic E-state index is -4.46. The van der Waals surface area contributed by atoms with E-state index in [4.69, 9.17) is 0 Å². The lowest BCUT2D eigenvalue weighted by Crippen LogP contribution is -2.37. The summed E-state index contributed by atoms with van der Waals surface area (Å²) in [5, 5.41) is 4.92. The van der Waals surface area contributed by atoms with Gasteiger partial charge in [-0.3, -0.25) is 9.59 Å². The van der Waals surface area contributed by atoms with Crippen LogP contribution in [-0.2, 0) is 24.6 Å². The highest BCUT2D eigenvalue weighted by Crippen LogP contribution is 2.28. The van der Waals surface area contributed by atoms with Gasteiger partial charge in [0.2, 0.25) is 5.91 Å². The Balaban J connectivity index is 1.82. The number of nitrogens with zero attached hydrogens (tertiary/aromatic N) is 2. The second-order valence-corrected chi connectivity index (χ2v) is 4.99. The normalized spacial score (nSPS) is 11.2. The number of benzene rings is 1. The molecule has 0 atom stereocenters. The molecule has 6 nitrogen and oxygen atoms in total. The van der Waals surface area contributed by atoms with Crippen LogP contribution in [0.25, 0.3) is 0 Å². The fraction of sp³-hybridized carbons (Fsp3) is 0.267. The van der Waals surface area contributed by atoms with Crippen molar-refractivity contribution in [3.8, 4) is 0 Å². The Morgan fingerprint density at radius 1 is 1.17 bits per heavy atom. The van der Waals surface area contributed by atoms with Crippen molar-refractivity contribution < 1.29 is 22.8 Å². The summed E-state index contributed by atoms with van der Waals surface area (Å²) in [6.45, 7) is -0.0806. The quantitative estimate of drug-likeness (QED) is 0.866. The van der Waals surface area contributed by atoms with Crippen molar-refractivity contribution in [3.05, 3.63) is 53.6 Å². The number of alkyl halides is 3. The van der Waals surface area contributed by atoms with E-state index >= 15 is 0 Å². The van der Waals surface area contributed by atoms with Gasteiger partial charge in [-0.05, 0) is 24.3 Å². The molecule has 2 aromatic rings. The van der Waals surface area contributed by atoms with Crippen molar-refractivity contribution in [2.75, 3.05) is 6.54 Å². The van der Waals surface area contributed by atoms with Crippen LogP contribution in [0.15, 0.2) is 36.7 Å². The molecule has 0 unspecified atom stereocenters. The fourth-order valence-electron chi connectivity index (χ4n) is 1.88. The number of halogens is 3. The van der Waals surface area contributed by atoms with E-state index in [1.807, 2.05) is 0 Å². The number of aromatic nitrogens is 2. The van der Waals surface area contributed by atoms with Crippen LogP contribution in [0.3, 0.4) is 0 Å². The van der Waals surface area contributed by atoms with E-state index < -0.39 is 23.6 Å². The maximum Gasteiger partial charge on any atom is 0.416 e. The molecule has 2 amide bonds. The van der Waals surface area contributed by atoms with E-state index in [2.05, 4.69) is 15.6 Å². The molecular formula is C15H15F3N4O2. The SMILES string of the molecule is Cn1ccnc1CNC(=O)CNC(=O)c1ccc(C(F)(F)F)cc1. The first kappa shape index (κ1) is 17.5. The Morgan fingerprint density at radius 3 is 2.38 bits per heavy atom. The Hall–Kier alpha value is -2.84. The highest BCUT2D eigenvalue weighted by Gasteiger charge is 2.30. The van der Waals surface area contributed by atoms with Gasteiger partial charge in [0.25, 0.3) is 5.91 Å². The molecule has 0 aliphatic rings. The van der Waals surface area contributed by atoms with E-state index in [1.54, 1.807) is 24.0 Å². The lowest BCUT2D eigenvalue weighted by Gasteiger charge is -2.09. The average Bonchev–Trinajstić information content (AvgIpc) is 2.95. The van der Waals surface area contributed by atoms with Gasteiger partial charge in [-0.15, -0.1) is 0 Å². The Labute approximate surface area is 135 Å².